The molecule has 0 saturated carbocycles. The molecule has 94 valence electrons. The van der Waals surface area contributed by atoms with E-state index in [1.807, 2.05) is 19.1 Å². The van der Waals surface area contributed by atoms with E-state index in [1.54, 1.807) is 6.08 Å². The lowest BCUT2D eigenvalue weighted by Gasteiger charge is -2.13. The van der Waals surface area contributed by atoms with Gasteiger partial charge in [-0.2, -0.15) is 0 Å². The third kappa shape index (κ3) is 4.75. The van der Waals surface area contributed by atoms with Gasteiger partial charge in [-0.05, 0) is 31.6 Å². The summed E-state index contributed by atoms with van der Waals surface area (Å²) in [6.07, 6.45) is 3.40. The van der Waals surface area contributed by atoms with Crippen molar-refractivity contribution in [3.63, 3.8) is 0 Å². The summed E-state index contributed by atoms with van der Waals surface area (Å²) >= 11 is 5.44. The van der Waals surface area contributed by atoms with Gasteiger partial charge in [-0.1, -0.05) is 18.5 Å². The lowest BCUT2D eigenvalue weighted by atomic mass is 10.1. The molecule has 0 aliphatic carbocycles. The number of rotatable bonds is 6. The highest BCUT2D eigenvalue weighted by Crippen LogP contribution is 2.19. The second kappa shape index (κ2) is 7.30. The molecule has 1 atom stereocenters. The first-order chi connectivity index (χ1) is 8.17. The molecule has 1 unspecified atom stereocenters. The summed E-state index contributed by atoms with van der Waals surface area (Å²) < 4.78 is 5.59. The fraction of sp³-hybridized carbons (Fsp3) is 0.462. The third-order valence-electron chi connectivity index (χ3n) is 2.48. The first-order valence-electron chi connectivity index (χ1n) is 5.77. The molecule has 0 aliphatic rings. The Kier molecular flexibility index (Phi) is 6.01. The minimum atomic E-state index is 0.121. The van der Waals surface area contributed by atoms with Crippen molar-refractivity contribution in [2.45, 2.75) is 32.7 Å². The topological polar surface area (TPSA) is 48.1 Å². The molecule has 1 heterocycles. The maximum atomic E-state index is 5.95. The number of aromatic nitrogens is 1. The lowest BCUT2D eigenvalue weighted by molar-refractivity contribution is 0.355. The normalized spacial score (nSPS) is 12.9. The molecule has 0 radical (unpaired) electrons. The van der Waals surface area contributed by atoms with E-state index in [2.05, 4.69) is 11.9 Å². The average molecular weight is 255 g/mol. The van der Waals surface area contributed by atoms with Gasteiger partial charge in [0.05, 0.1) is 5.69 Å². The van der Waals surface area contributed by atoms with Crippen LogP contribution in [0.1, 0.15) is 24.7 Å². The predicted octanol–water partition coefficient (Wildman–Crippen LogP) is 2.80. The van der Waals surface area contributed by atoms with Gasteiger partial charge in [-0.3, -0.25) is 4.98 Å². The van der Waals surface area contributed by atoms with Gasteiger partial charge in [-0.15, -0.1) is 0 Å². The van der Waals surface area contributed by atoms with Crippen LogP contribution in [0.3, 0.4) is 0 Å². The van der Waals surface area contributed by atoms with Crippen molar-refractivity contribution in [2.24, 2.45) is 5.73 Å². The molecule has 3 nitrogen and oxygen atoms in total. The van der Waals surface area contributed by atoms with Gasteiger partial charge in [-0.25, -0.2) is 0 Å². The van der Waals surface area contributed by atoms with Crippen LogP contribution in [-0.2, 0) is 6.42 Å². The zero-order chi connectivity index (χ0) is 12.7. The van der Waals surface area contributed by atoms with Crippen LogP contribution in [0.5, 0.6) is 5.75 Å². The van der Waals surface area contributed by atoms with Crippen LogP contribution < -0.4 is 10.5 Å². The molecule has 0 amide bonds. The average Bonchev–Trinajstić information content (AvgIpc) is 2.32. The SMILES string of the molecule is CCC(N)Cc1nc(C)ccc1OCC=CCl. The largest absolute Gasteiger partial charge is 0.488 e. The van der Waals surface area contributed by atoms with Crippen LogP contribution in [0.25, 0.3) is 0 Å². The van der Waals surface area contributed by atoms with Gasteiger partial charge >= 0.3 is 0 Å². The number of halogens is 1. The summed E-state index contributed by atoms with van der Waals surface area (Å²) in [5.74, 6) is 0.786. The molecular formula is C13H19ClN2O. The van der Waals surface area contributed by atoms with Crippen molar-refractivity contribution in [1.29, 1.82) is 0 Å². The zero-order valence-electron chi connectivity index (χ0n) is 10.3. The zero-order valence-corrected chi connectivity index (χ0v) is 11.1. The molecule has 0 saturated heterocycles. The highest BCUT2D eigenvalue weighted by Gasteiger charge is 2.09. The quantitative estimate of drug-likeness (QED) is 0.849. The van der Waals surface area contributed by atoms with Gasteiger partial charge in [0, 0.05) is 23.7 Å². The molecule has 0 spiro atoms. The fourth-order valence-corrected chi connectivity index (χ4v) is 1.52. The Morgan fingerprint density at radius 1 is 1.53 bits per heavy atom. The maximum absolute atomic E-state index is 5.95. The number of hydrogen-bond donors (Lipinski definition) is 1. The van der Waals surface area contributed by atoms with Crippen LogP contribution in [0.2, 0.25) is 0 Å². The summed E-state index contributed by atoms with van der Waals surface area (Å²) in [6, 6.07) is 3.98. The second-order valence-electron chi connectivity index (χ2n) is 3.94. The van der Waals surface area contributed by atoms with Gasteiger partial charge in [0.25, 0.3) is 0 Å². The van der Waals surface area contributed by atoms with E-state index < -0.39 is 0 Å². The lowest BCUT2D eigenvalue weighted by Crippen LogP contribution is -2.22. The fourth-order valence-electron chi connectivity index (χ4n) is 1.44. The van der Waals surface area contributed by atoms with Gasteiger partial charge in [0.1, 0.15) is 12.4 Å². The van der Waals surface area contributed by atoms with Crippen LogP contribution in [0, 0.1) is 6.92 Å². The Morgan fingerprint density at radius 2 is 2.29 bits per heavy atom. The van der Waals surface area contributed by atoms with Crippen molar-refractivity contribution in [1.82, 2.24) is 4.98 Å². The van der Waals surface area contributed by atoms with Crippen LogP contribution in [0.15, 0.2) is 23.7 Å². The van der Waals surface area contributed by atoms with E-state index in [4.69, 9.17) is 22.1 Å². The molecule has 4 heteroatoms. The Hall–Kier alpha value is -1.06. The number of hydrogen-bond acceptors (Lipinski definition) is 3. The minimum Gasteiger partial charge on any atom is -0.488 e. The van der Waals surface area contributed by atoms with E-state index in [9.17, 15) is 0 Å². The highest BCUT2D eigenvalue weighted by atomic mass is 35.5. The van der Waals surface area contributed by atoms with Crippen molar-refractivity contribution in [3.05, 3.63) is 35.1 Å². The van der Waals surface area contributed by atoms with E-state index in [0.29, 0.717) is 6.61 Å². The van der Waals surface area contributed by atoms with E-state index >= 15 is 0 Å². The smallest absolute Gasteiger partial charge is 0.141 e. The Morgan fingerprint density at radius 3 is 2.94 bits per heavy atom. The van der Waals surface area contributed by atoms with Crippen molar-refractivity contribution < 1.29 is 4.74 Å². The summed E-state index contributed by atoms with van der Waals surface area (Å²) in [4.78, 5) is 4.48. The molecule has 1 aromatic heterocycles. The first kappa shape index (κ1) is 14.0. The summed E-state index contributed by atoms with van der Waals surface area (Å²) in [7, 11) is 0. The second-order valence-corrected chi connectivity index (χ2v) is 4.19. The molecule has 0 bridgehead atoms. The molecule has 17 heavy (non-hydrogen) atoms. The molecule has 0 fully saturated rings. The number of ether oxygens (including phenoxy) is 1. The van der Waals surface area contributed by atoms with Crippen LogP contribution >= 0.6 is 11.6 Å². The Labute approximate surface area is 108 Å². The standard InChI is InChI=1S/C13H19ClN2O/c1-3-11(15)9-12-13(17-8-4-7-14)6-5-10(2)16-12/h4-7,11H,3,8-9,15H2,1-2H3. The Balaban J connectivity index is 2.79. The predicted molar refractivity (Wildman–Crippen MR) is 71.4 cm³/mol. The highest BCUT2D eigenvalue weighted by molar-refractivity contribution is 6.25. The van der Waals surface area contributed by atoms with E-state index in [1.165, 1.54) is 5.54 Å². The third-order valence-corrected chi connectivity index (χ3v) is 2.65. The van der Waals surface area contributed by atoms with Crippen molar-refractivity contribution in [3.8, 4) is 5.75 Å². The van der Waals surface area contributed by atoms with Crippen LogP contribution in [0.4, 0.5) is 0 Å². The molecule has 1 rings (SSSR count). The summed E-state index contributed by atoms with van der Waals surface area (Å²) in [5, 5.41) is 0. The summed E-state index contributed by atoms with van der Waals surface area (Å²) in [6.45, 7) is 4.48. The number of nitrogens with zero attached hydrogens (tertiary/aromatic N) is 1. The van der Waals surface area contributed by atoms with Gasteiger partial charge in [0.2, 0.25) is 0 Å². The Bertz CT molecular complexity index is 380. The van der Waals surface area contributed by atoms with E-state index in [-0.39, 0.29) is 6.04 Å². The molecule has 2 N–H and O–H groups in total. The molecule has 0 aromatic carbocycles. The van der Waals surface area contributed by atoms with Crippen LogP contribution in [-0.4, -0.2) is 17.6 Å². The number of nitrogens with two attached hydrogens (primary N) is 1. The number of aryl methyl sites for hydroxylation is 1. The number of pyridine rings is 1. The van der Waals surface area contributed by atoms with Gasteiger partial charge in [0.15, 0.2) is 0 Å². The summed E-state index contributed by atoms with van der Waals surface area (Å²) in [5.41, 5.74) is 9.29. The van der Waals surface area contributed by atoms with Crippen molar-refractivity contribution >= 4 is 11.6 Å². The molecular weight excluding hydrogens is 236 g/mol. The van der Waals surface area contributed by atoms with Crippen molar-refractivity contribution in [2.75, 3.05) is 6.61 Å². The van der Waals surface area contributed by atoms with Gasteiger partial charge < -0.3 is 10.5 Å². The minimum absolute atomic E-state index is 0.121. The monoisotopic (exact) mass is 254 g/mol. The van der Waals surface area contributed by atoms with E-state index in [0.717, 1.165) is 30.0 Å². The molecule has 0 aliphatic heterocycles. The maximum Gasteiger partial charge on any atom is 0.141 e. The first-order valence-corrected chi connectivity index (χ1v) is 6.21. The molecule has 1 aromatic rings.